The molecule has 0 amide bonds. The third kappa shape index (κ3) is 2.72. The van der Waals surface area contributed by atoms with Gasteiger partial charge in [0.2, 0.25) is 0 Å². The highest BCUT2D eigenvalue weighted by Crippen LogP contribution is 2.24. The number of anilines is 1. The molecule has 1 aliphatic rings. The monoisotopic (exact) mass is 225 g/mol. The zero-order chi connectivity index (χ0) is 10.9. The minimum atomic E-state index is -2.89. The number of aryl methyl sites for hydroxylation is 1. The first-order valence-corrected chi connectivity index (χ1v) is 7.13. The predicted octanol–water partition coefficient (Wildman–Crippen LogP) is 1.46. The van der Waals surface area contributed by atoms with Gasteiger partial charge < -0.3 is 5.32 Å². The molecule has 3 nitrogen and oxygen atoms in total. The van der Waals surface area contributed by atoms with E-state index in [1.807, 2.05) is 18.2 Å². The Morgan fingerprint density at radius 1 is 1.40 bits per heavy atom. The second-order valence-corrected chi connectivity index (χ2v) is 6.31. The van der Waals surface area contributed by atoms with Crippen LogP contribution in [0, 0.1) is 0 Å². The van der Waals surface area contributed by atoms with Gasteiger partial charge in [-0.1, -0.05) is 18.2 Å². The zero-order valence-electron chi connectivity index (χ0n) is 8.73. The van der Waals surface area contributed by atoms with E-state index in [0.29, 0.717) is 0 Å². The maximum absolute atomic E-state index is 11.2. The molecule has 2 rings (SSSR count). The summed E-state index contributed by atoms with van der Waals surface area (Å²) in [5.41, 5.74) is 2.36. The first kappa shape index (κ1) is 10.5. The molecule has 82 valence electrons. The number of hydrogen-bond acceptors (Lipinski definition) is 3. The fourth-order valence-corrected chi connectivity index (χ4v) is 2.97. The molecule has 0 saturated heterocycles. The number of rotatable bonds is 2. The van der Waals surface area contributed by atoms with Gasteiger partial charge in [0.25, 0.3) is 0 Å². The first-order chi connectivity index (χ1) is 7.04. The van der Waals surface area contributed by atoms with E-state index in [2.05, 4.69) is 11.4 Å². The lowest BCUT2D eigenvalue weighted by atomic mass is 9.99. The fraction of sp³-hybridized carbons (Fsp3) is 0.455. The quantitative estimate of drug-likeness (QED) is 0.828. The van der Waals surface area contributed by atoms with Crippen molar-refractivity contribution in [2.75, 3.05) is 17.3 Å². The minimum absolute atomic E-state index is 0.0647. The van der Waals surface area contributed by atoms with E-state index in [0.717, 1.165) is 18.5 Å². The Morgan fingerprint density at radius 3 is 2.87 bits per heavy atom. The van der Waals surface area contributed by atoms with E-state index in [-0.39, 0.29) is 11.8 Å². The van der Waals surface area contributed by atoms with Crippen molar-refractivity contribution in [3.8, 4) is 0 Å². The van der Waals surface area contributed by atoms with Crippen molar-refractivity contribution in [1.82, 2.24) is 0 Å². The molecule has 1 heterocycles. The highest BCUT2D eigenvalue weighted by Gasteiger charge is 2.20. The largest absolute Gasteiger partial charge is 0.381 e. The second kappa shape index (κ2) is 3.85. The smallest absolute Gasteiger partial charge is 0.149 e. The van der Waals surface area contributed by atoms with Crippen molar-refractivity contribution in [2.24, 2.45) is 0 Å². The van der Waals surface area contributed by atoms with Crippen LogP contribution in [0.15, 0.2) is 24.3 Å². The molecule has 1 atom stereocenters. The second-order valence-electron chi connectivity index (χ2n) is 4.13. The Balaban J connectivity index is 2.12. The first-order valence-electron chi connectivity index (χ1n) is 5.07. The Morgan fingerprint density at radius 2 is 2.13 bits per heavy atom. The lowest BCUT2D eigenvalue weighted by Gasteiger charge is -2.26. The van der Waals surface area contributed by atoms with Crippen LogP contribution in [0.25, 0.3) is 0 Å². The molecule has 0 bridgehead atoms. The molecule has 1 unspecified atom stereocenters. The molecule has 1 N–H and O–H groups in total. The molecule has 0 saturated carbocycles. The molecule has 15 heavy (non-hydrogen) atoms. The standard InChI is InChI=1S/C11H15NO2S/c1-15(13,14)8-10-7-6-9-4-2-3-5-11(9)12-10/h2-5,10,12H,6-8H2,1H3. The highest BCUT2D eigenvalue weighted by molar-refractivity contribution is 7.90. The summed E-state index contributed by atoms with van der Waals surface area (Å²) in [4.78, 5) is 0. The van der Waals surface area contributed by atoms with Gasteiger partial charge in [-0.3, -0.25) is 0 Å². The normalized spacial score (nSPS) is 20.5. The van der Waals surface area contributed by atoms with Crippen molar-refractivity contribution in [3.05, 3.63) is 29.8 Å². The minimum Gasteiger partial charge on any atom is -0.381 e. The van der Waals surface area contributed by atoms with Crippen molar-refractivity contribution >= 4 is 15.5 Å². The summed E-state index contributed by atoms with van der Waals surface area (Å²) in [5, 5.41) is 3.27. The Bertz CT molecular complexity index is 453. The number of hydrogen-bond donors (Lipinski definition) is 1. The zero-order valence-corrected chi connectivity index (χ0v) is 9.55. The average Bonchev–Trinajstić information content (AvgIpc) is 2.15. The van der Waals surface area contributed by atoms with Gasteiger partial charge in [-0.2, -0.15) is 0 Å². The van der Waals surface area contributed by atoms with Gasteiger partial charge >= 0.3 is 0 Å². The Labute approximate surface area is 90.4 Å². The van der Waals surface area contributed by atoms with Crippen molar-refractivity contribution in [3.63, 3.8) is 0 Å². The number of sulfone groups is 1. The van der Waals surface area contributed by atoms with Crippen LogP contribution in [0.2, 0.25) is 0 Å². The van der Waals surface area contributed by atoms with Crippen LogP contribution in [-0.4, -0.2) is 26.5 Å². The summed E-state index contributed by atoms with van der Waals surface area (Å²) in [6.07, 6.45) is 3.14. The molecule has 0 fully saturated rings. The number of fused-ring (bicyclic) bond motifs is 1. The third-order valence-electron chi connectivity index (χ3n) is 2.64. The lowest BCUT2D eigenvalue weighted by Crippen LogP contribution is -2.32. The van der Waals surface area contributed by atoms with Crippen LogP contribution < -0.4 is 5.32 Å². The SMILES string of the molecule is CS(=O)(=O)CC1CCc2ccccc2N1. The third-order valence-corrected chi connectivity index (χ3v) is 3.65. The molecule has 1 aromatic rings. The van der Waals surface area contributed by atoms with Gasteiger partial charge in [-0.25, -0.2) is 8.42 Å². The Kier molecular flexibility index (Phi) is 2.69. The van der Waals surface area contributed by atoms with Crippen molar-refractivity contribution in [1.29, 1.82) is 0 Å². The number of para-hydroxylation sites is 1. The van der Waals surface area contributed by atoms with E-state index in [1.165, 1.54) is 11.8 Å². The van der Waals surface area contributed by atoms with Gasteiger partial charge in [0.15, 0.2) is 0 Å². The topological polar surface area (TPSA) is 46.2 Å². The van der Waals surface area contributed by atoms with Gasteiger partial charge in [-0.15, -0.1) is 0 Å². The maximum Gasteiger partial charge on any atom is 0.149 e. The fourth-order valence-electron chi connectivity index (χ4n) is 1.99. The van der Waals surface area contributed by atoms with E-state index in [4.69, 9.17) is 0 Å². The van der Waals surface area contributed by atoms with Crippen LogP contribution >= 0.6 is 0 Å². The van der Waals surface area contributed by atoms with E-state index < -0.39 is 9.84 Å². The van der Waals surface area contributed by atoms with E-state index >= 15 is 0 Å². The maximum atomic E-state index is 11.2. The van der Waals surface area contributed by atoms with Crippen molar-refractivity contribution < 1.29 is 8.42 Å². The summed E-state index contributed by atoms with van der Waals surface area (Å²) in [5.74, 6) is 0.224. The molecule has 4 heteroatoms. The van der Waals surface area contributed by atoms with E-state index in [9.17, 15) is 8.42 Å². The lowest BCUT2D eigenvalue weighted by molar-refractivity contribution is 0.588. The van der Waals surface area contributed by atoms with E-state index in [1.54, 1.807) is 0 Å². The Hall–Kier alpha value is -1.03. The molecule has 0 radical (unpaired) electrons. The molecule has 0 spiro atoms. The summed E-state index contributed by atoms with van der Waals surface area (Å²) in [6.45, 7) is 0. The summed E-state index contributed by atoms with van der Waals surface area (Å²) in [6, 6.07) is 8.13. The molecule has 0 aliphatic carbocycles. The van der Waals surface area contributed by atoms with Gasteiger partial charge in [0.05, 0.1) is 5.75 Å². The molecule has 0 aromatic heterocycles. The van der Waals surface area contributed by atoms with Crippen LogP contribution in [0.4, 0.5) is 5.69 Å². The summed E-state index contributed by atoms with van der Waals surface area (Å²) in [7, 11) is -2.89. The van der Waals surface area contributed by atoms with Gasteiger partial charge in [-0.05, 0) is 24.5 Å². The summed E-state index contributed by atoms with van der Waals surface area (Å²) < 4.78 is 22.3. The van der Waals surface area contributed by atoms with Crippen LogP contribution in [0.1, 0.15) is 12.0 Å². The molecular weight excluding hydrogens is 210 g/mol. The highest BCUT2D eigenvalue weighted by atomic mass is 32.2. The van der Waals surface area contributed by atoms with Crippen LogP contribution in [0.3, 0.4) is 0 Å². The molecule has 1 aromatic carbocycles. The predicted molar refractivity (Wildman–Crippen MR) is 61.9 cm³/mol. The van der Waals surface area contributed by atoms with Crippen LogP contribution in [-0.2, 0) is 16.3 Å². The summed E-state index contributed by atoms with van der Waals surface area (Å²) >= 11 is 0. The molecule has 1 aliphatic heterocycles. The van der Waals surface area contributed by atoms with Crippen LogP contribution in [0.5, 0.6) is 0 Å². The van der Waals surface area contributed by atoms with Gasteiger partial charge in [0, 0.05) is 18.0 Å². The number of benzene rings is 1. The van der Waals surface area contributed by atoms with Gasteiger partial charge in [0.1, 0.15) is 9.84 Å². The van der Waals surface area contributed by atoms with Crippen molar-refractivity contribution in [2.45, 2.75) is 18.9 Å². The number of nitrogens with one attached hydrogen (secondary N) is 1. The average molecular weight is 225 g/mol. The molecular formula is C11H15NO2S.